The Balaban J connectivity index is 2.15. The van der Waals surface area contributed by atoms with Crippen LogP contribution in [0.4, 0.5) is 8.78 Å². The quantitative estimate of drug-likeness (QED) is 0.791. The zero-order valence-corrected chi connectivity index (χ0v) is 12.9. The van der Waals surface area contributed by atoms with Crippen LogP contribution in [0.2, 0.25) is 0 Å². The fourth-order valence-corrected chi connectivity index (χ4v) is 3.25. The van der Waals surface area contributed by atoms with Gasteiger partial charge in [-0.25, -0.2) is 8.78 Å². The molecular weight excluding hydrogens is 338 g/mol. The Morgan fingerprint density at radius 1 is 1.12 bits per heavy atom. The number of thiazole rings is 1. The predicted octanol–water partition coefficient (Wildman–Crippen LogP) is 2.81. The van der Waals surface area contributed by atoms with E-state index >= 15 is 0 Å². The van der Waals surface area contributed by atoms with Crippen molar-refractivity contribution in [2.45, 2.75) is 6.54 Å². The van der Waals surface area contributed by atoms with Crippen molar-refractivity contribution in [1.29, 1.82) is 0 Å². The Kier molecular flexibility index (Phi) is 4.22. The van der Waals surface area contributed by atoms with Gasteiger partial charge >= 0.3 is 5.97 Å². The molecule has 1 amide bonds. The summed E-state index contributed by atoms with van der Waals surface area (Å²) in [6, 6.07) is 9.40. The molecule has 0 bridgehead atoms. The van der Waals surface area contributed by atoms with Crippen molar-refractivity contribution in [3.8, 4) is 0 Å². The normalized spacial score (nSPS) is 11.8. The summed E-state index contributed by atoms with van der Waals surface area (Å²) in [6.45, 7) is -0.381. The third kappa shape index (κ3) is 3.23. The molecule has 0 fully saturated rings. The molecule has 1 aromatic heterocycles. The number of aliphatic carboxylic acids is 1. The Morgan fingerprint density at radius 3 is 2.46 bits per heavy atom. The highest BCUT2D eigenvalue weighted by atomic mass is 32.1. The third-order valence-electron chi connectivity index (χ3n) is 3.19. The van der Waals surface area contributed by atoms with Gasteiger partial charge in [0.1, 0.15) is 18.2 Å². The van der Waals surface area contributed by atoms with Crippen molar-refractivity contribution >= 4 is 33.4 Å². The molecule has 8 heteroatoms. The molecule has 1 N–H and O–H groups in total. The summed E-state index contributed by atoms with van der Waals surface area (Å²) in [5.41, 5.74) is 0.369. The monoisotopic (exact) mass is 348 g/mol. The first kappa shape index (κ1) is 16.0. The van der Waals surface area contributed by atoms with E-state index < -0.39 is 23.5 Å². The summed E-state index contributed by atoms with van der Waals surface area (Å²) in [4.78, 5) is 27.2. The molecule has 0 saturated carbocycles. The number of aromatic nitrogens is 1. The number of fused-ring (bicyclic) bond motifs is 1. The van der Waals surface area contributed by atoms with E-state index in [1.165, 1.54) is 4.57 Å². The average Bonchev–Trinajstić information content (AvgIpc) is 2.83. The molecule has 0 unspecified atom stereocenters. The number of rotatable bonds is 3. The zero-order chi connectivity index (χ0) is 17.3. The third-order valence-corrected chi connectivity index (χ3v) is 4.25. The van der Waals surface area contributed by atoms with Crippen LogP contribution in [-0.2, 0) is 11.3 Å². The van der Waals surface area contributed by atoms with E-state index in [0.717, 1.165) is 28.2 Å². The van der Waals surface area contributed by atoms with Crippen molar-refractivity contribution in [2.24, 2.45) is 4.99 Å². The fraction of sp³-hybridized carbons (Fsp3) is 0.0625. The van der Waals surface area contributed by atoms with Crippen molar-refractivity contribution in [2.75, 3.05) is 0 Å². The Morgan fingerprint density at radius 2 is 1.79 bits per heavy atom. The van der Waals surface area contributed by atoms with E-state index in [-0.39, 0.29) is 16.9 Å². The number of hydrogen-bond donors (Lipinski definition) is 1. The number of carbonyl (C=O) groups is 2. The molecule has 0 aliphatic carbocycles. The SMILES string of the molecule is O=C(O)Cn1c(=NC(=O)c2cc(F)cc(F)c2)sc2ccccc21. The number of hydrogen-bond acceptors (Lipinski definition) is 3. The highest BCUT2D eigenvalue weighted by molar-refractivity contribution is 7.16. The molecule has 5 nitrogen and oxygen atoms in total. The van der Waals surface area contributed by atoms with E-state index in [1.54, 1.807) is 24.3 Å². The van der Waals surface area contributed by atoms with Gasteiger partial charge in [-0.1, -0.05) is 23.5 Å². The summed E-state index contributed by atoms with van der Waals surface area (Å²) < 4.78 is 28.6. The lowest BCUT2D eigenvalue weighted by atomic mass is 10.2. The minimum atomic E-state index is -1.09. The smallest absolute Gasteiger partial charge is 0.323 e. The second-order valence-electron chi connectivity index (χ2n) is 4.91. The second kappa shape index (κ2) is 6.32. The molecule has 0 aliphatic heterocycles. The van der Waals surface area contributed by atoms with Crippen LogP contribution in [0.5, 0.6) is 0 Å². The van der Waals surface area contributed by atoms with Gasteiger partial charge in [-0.15, -0.1) is 0 Å². The first-order chi connectivity index (χ1) is 11.4. The van der Waals surface area contributed by atoms with Gasteiger partial charge in [0.15, 0.2) is 4.80 Å². The van der Waals surface area contributed by atoms with E-state index in [1.807, 2.05) is 0 Å². The number of carbonyl (C=O) groups excluding carboxylic acids is 1. The number of carboxylic acid groups (broad SMARTS) is 1. The van der Waals surface area contributed by atoms with E-state index in [4.69, 9.17) is 5.11 Å². The maximum Gasteiger partial charge on any atom is 0.323 e. The van der Waals surface area contributed by atoms with Crippen molar-refractivity contribution in [3.05, 3.63) is 64.5 Å². The summed E-state index contributed by atoms with van der Waals surface area (Å²) in [6.07, 6.45) is 0. The van der Waals surface area contributed by atoms with Crippen LogP contribution in [0.3, 0.4) is 0 Å². The second-order valence-corrected chi connectivity index (χ2v) is 5.92. The maximum atomic E-state index is 13.2. The van der Waals surface area contributed by atoms with E-state index in [0.29, 0.717) is 11.6 Å². The molecule has 3 aromatic rings. The zero-order valence-electron chi connectivity index (χ0n) is 12.1. The summed E-state index contributed by atoms with van der Waals surface area (Å²) in [5.74, 6) is -3.71. The van der Waals surface area contributed by atoms with Crippen LogP contribution in [0.15, 0.2) is 47.5 Å². The largest absolute Gasteiger partial charge is 0.480 e. The lowest BCUT2D eigenvalue weighted by Crippen LogP contribution is -2.21. The van der Waals surface area contributed by atoms with Gasteiger partial charge in [0.2, 0.25) is 0 Å². The number of nitrogens with zero attached hydrogens (tertiary/aromatic N) is 2. The average molecular weight is 348 g/mol. The predicted molar refractivity (Wildman–Crippen MR) is 83.7 cm³/mol. The molecule has 2 aromatic carbocycles. The number of para-hydroxylation sites is 1. The van der Waals surface area contributed by atoms with Gasteiger partial charge in [-0.2, -0.15) is 4.99 Å². The van der Waals surface area contributed by atoms with Gasteiger partial charge in [-0.3, -0.25) is 9.59 Å². The highest BCUT2D eigenvalue weighted by Crippen LogP contribution is 2.17. The molecule has 3 rings (SSSR count). The van der Waals surface area contributed by atoms with Gasteiger partial charge in [0.05, 0.1) is 10.2 Å². The van der Waals surface area contributed by atoms with Crippen LogP contribution >= 0.6 is 11.3 Å². The maximum absolute atomic E-state index is 13.2. The molecule has 1 heterocycles. The first-order valence-corrected chi connectivity index (χ1v) is 7.61. The molecule has 0 spiro atoms. The number of halogens is 2. The minimum absolute atomic E-state index is 0.147. The molecular formula is C16H10F2N2O3S. The molecule has 24 heavy (non-hydrogen) atoms. The summed E-state index contributed by atoms with van der Waals surface area (Å²) >= 11 is 1.12. The summed E-state index contributed by atoms with van der Waals surface area (Å²) in [7, 11) is 0. The highest BCUT2D eigenvalue weighted by Gasteiger charge is 2.12. The molecule has 0 aliphatic rings. The Bertz CT molecular complexity index is 1000. The fourth-order valence-electron chi connectivity index (χ4n) is 2.22. The Labute approximate surface area is 138 Å². The van der Waals surface area contributed by atoms with Gasteiger partial charge in [0, 0.05) is 11.6 Å². The molecule has 0 atom stereocenters. The molecule has 122 valence electrons. The number of amides is 1. The van der Waals surface area contributed by atoms with Crippen molar-refractivity contribution in [3.63, 3.8) is 0 Å². The van der Waals surface area contributed by atoms with Crippen molar-refractivity contribution in [1.82, 2.24) is 4.57 Å². The van der Waals surface area contributed by atoms with E-state index in [2.05, 4.69) is 4.99 Å². The lowest BCUT2D eigenvalue weighted by molar-refractivity contribution is -0.137. The lowest BCUT2D eigenvalue weighted by Gasteiger charge is -2.01. The van der Waals surface area contributed by atoms with E-state index in [9.17, 15) is 18.4 Å². The van der Waals surface area contributed by atoms with Crippen molar-refractivity contribution < 1.29 is 23.5 Å². The van der Waals surface area contributed by atoms with Crippen LogP contribution in [0.25, 0.3) is 10.2 Å². The van der Waals surface area contributed by atoms with Gasteiger partial charge in [0.25, 0.3) is 5.91 Å². The van der Waals surface area contributed by atoms with Crippen LogP contribution in [0, 0.1) is 11.6 Å². The van der Waals surface area contributed by atoms with Crippen LogP contribution in [-0.4, -0.2) is 21.6 Å². The van der Waals surface area contributed by atoms with Gasteiger partial charge in [-0.05, 0) is 24.3 Å². The molecule has 0 radical (unpaired) electrons. The van der Waals surface area contributed by atoms with Gasteiger partial charge < -0.3 is 9.67 Å². The minimum Gasteiger partial charge on any atom is -0.480 e. The Hall–Kier alpha value is -2.87. The summed E-state index contributed by atoms with van der Waals surface area (Å²) in [5, 5.41) is 9.05. The number of benzene rings is 2. The van der Waals surface area contributed by atoms with Crippen LogP contribution in [0.1, 0.15) is 10.4 Å². The first-order valence-electron chi connectivity index (χ1n) is 6.79. The standard InChI is InChI=1S/C16H10F2N2O3S/c17-10-5-9(6-11(18)7-10)15(23)19-16-20(8-14(21)22)12-3-1-2-4-13(12)24-16/h1-7H,8H2,(H,21,22). The topological polar surface area (TPSA) is 71.7 Å². The number of carboxylic acids is 1. The van der Waals surface area contributed by atoms with Crippen LogP contribution < -0.4 is 4.80 Å². The molecule has 0 saturated heterocycles.